The number of ether oxygens (including phenoxy) is 1. The predicted molar refractivity (Wildman–Crippen MR) is 72.5 cm³/mol. The summed E-state index contributed by atoms with van der Waals surface area (Å²) in [5, 5.41) is 18.2. The summed E-state index contributed by atoms with van der Waals surface area (Å²) < 4.78 is 19.3. The fourth-order valence-electron chi connectivity index (χ4n) is 1.78. The monoisotopic (exact) mass is 271 g/mol. The van der Waals surface area contributed by atoms with Crippen molar-refractivity contribution in [1.29, 1.82) is 5.26 Å². The Hall–Kier alpha value is -2.38. The van der Waals surface area contributed by atoms with E-state index < -0.39 is 11.9 Å². The lowest BCUT2D eigenvalue weighted by Gasteiger charge is -2.09. The summed E-state index contributed by atoms with van der Waals surface area (Å²) in [6, 6.07) is 13.4. The highest BCUT2D eigenvalue weighted by molar-refractivity contribution is 5.35. The van der Waals surface area contributed by atoms with Crippen molar-refractivity contribution in [3.8, 4) is 11.8 Å². The van der Waals surface area contributed by atoms with Crippen molar-refractivity contribution in [2.24, 2.45) is 0 Å². The predicted octanol–water partition coefficient (Wildman–Crippen LogP) is 3.33. The van der Waals surface area contributed by atoms with Gasteiger partial charge in [0.25, 0.3) is 0 Å². The fourth-order valence-corrected chi connectivity index (χ4v) is 1.78. The van der Waals surface area contributed by atoms with Gasteiger partial charge in [0.2, 0.25) is 0 Å². The molecule has 2 aromatic rings. The molecule has 0 spiro atoms. The molecule has 4 heteroatoms. The van der Waals surface area contributed by atoms with Gasteiger partial charge in [-0.2, -0.15) is 5.26 Å². The van der Waals surface area contributed by atoms with Crippen molar-refractivity contribution < 1.29 is 14.2 Å². The minimum Gasteiger partial charge on any atom is -0.489 e. The number of hydrogen-bond donors (Lipinski definition) is 1. The Morgan fingerprint density at radius 1 is 1.25 bits per heavy atom. The second-order valence-corrected chi connectivity index (χ2v) is 4.42. The first-order chi connectivity index (χ1) is 9.61. The van der Waals surface area contributed by atoms with Gasteiger partial charge in [-0.3, -0.25) is 0 Å². The van der Waals surface area contributed by atoms with Gasteiger partial charge in [-0.05, 0) is 30.7 Å². The summed E-state index contributed by atoms with van der Waals surface area (Å²) in [5.41, 5.74) is 1.13. The van der Waals surface area contributed by atoms with Gasteiger partial charge in [0.15, 0.2) is 0 Å². The maximum atomic E-state index is 13.8. The minimum atomic E-state index is -0.546. The molecule has 0 aromatic heterocycles. The van der Waals surface area contributed by atoms with Gasteiger partial charge in [0, 0.05) is 5.56 Å². The Morgan fingerprint density at radius 3 is 2.55 bits per heavy atom. The van der Waals surface area contributed by atoms with Crippen molar-refractivity contribution in [2.75, 3.05) is 0 Å². The van der Waals surface area contributed by atoms with Crippen LogP contribution in [-0.2, 0) is 6.61 Å². The average molecular weight is 271 g/mol. The van der Waals surface area contributed by atoms with E-state index in [1.807, 2.05) is 0 Å². The Morgan fingerprint density at radius 2 is 1.95 bits per heavy atom. The van der Waals surface area contributed by atoms with Gasteiger partial charge >= 0.3 is 0 Å². The molecule has 0 saturated heterocycles. The van der Waals surface area contributed by atoms with Crippen LogP contribution in [0.4, 0.5) is 4.39 Å². The molecule has 0 amide bonds. The molecular formula is C16H14FNO2. The van der Waals surface area contributed by atoms with Crippen LogP contribution < -0.4 is 4.74 Å². The van der Waals surface area contributed by atoms with E-state index in [0.29, 0.717) is 11.3 Å². The van der Waals surface area contributed by atoms with Gasteiger partial charge in [0.1, 0.15) is 24.2 Å². The lowest BCUT2D eigenvalue weighted by molar-refractivity contribution is 0.199. The maximum Gasteiger partial charge on any atom is 0.147 e. The molecule has 0 radical (unpaired) electrons. The van der Waals surface area contributed by atoms with Crippen LogP contribution in [0.3, 0.4) is 0 Å². The zero-order chi connectivity index (χ0) is 14.5. The number of nitriles is 1. The van der Waals surface area contributed by atoms with Gasteiger partial charge in [0.05, 0.1) is 11.7 Å². The third kappa shape index (κ3) is 3.14. The van der Waals surface area contributed by atoms with Gasteiger partial charge in [-0.1, -0.05) is 24.3 Å². The normalized spacial score (nSPS) is 11.7. The molecule has 2 aromatic carbocycles. The summed E-state index contributed by atoms with van der Waals surface area (Å²) in [7, 11) is 0. The van der Waals surface area contributed by atoms with Gasteiger partial charge in [-0.25, -0.2) is 4.39 Å². The Kier molecular flexibility index (Phi) is 4.34. The molecule has 0 unspecified atom stereocenters. The number of aliphatic hydroxyl groups excluding tert-OH is 1. The molecule has 102 valence electrons. The van der Waals surface area contributed by atoms with E-state index in [0.717, 1.165) is 5.56 Å². The van der Waals surface area contributed by atoms with E-state index in [-0.39, 0.29) is 12.2 Å². The molecule has 0 fully saturated rings. The Labute approximate surface area is 116 Å². The SMILES string of the molecule is C[C@H](O)c1ccc(OCc2cccc(C#N)c2F)cc1. The smallest absolute Gasteiger partial charge is 0.147 e. The van der Waals surface area contributed by atoms with E-state index in [2.05, 4.69) is 0 Å². The van der Waals surface area contributed by atoms with E-state index in [4.69, 9.17) is 10.00 Å². The molecule has 1 N–H and O–H groups in total. The van der Waals surface area contributed by atoms with E-state index in [1.54, 1.807) is 49.4 Å². The minimum absolute atomic E-state index is 0.00977. The fraction of sp³-hybridized carbons (Fsp3) is 0.188. The van der Waals surface area contributed by atoms with Crippen molar-refractivity contribution in [3.63, 3.8) is 0 Å². The van der Waals surface area contributed by atoms with Crippen molar-refractivity contribution in [1.82, 2.24) is 0 Å². The first-order valence-corrected chi connectivity index (χ1v) is 6.20. The Balaban J connectivity index is 2.07. The second-order valence-electron chi connectivity index (χ2n) is 4.42. The van der Waals surface area contributed by atoms with Crippen molar-refractivity contribution >= 4 is 0 Å². The Bertz CT molecular complexity index is 630. The highest BCUT2D eigenvalue weighted by Gasteiger charge is 2.08. The molecule has 2 rings (SSSR count). The number of aliphatic hydroxyl groups is 1. The van der Waals surface area contributed by atoms with Crippen LogP contribution in [-0.4, -0.2) is 5.11 Å². The van der Waals surface area contributed by atoms with Crippen LogP contribution >= 0.6 is 0 Å². The van der Waals surface area contributed by atoms with Crippen LogP contribution in [0.5, 0.6) is 5.75 Å². The molecule has 20 heavy (non-hydrogen) atoms. The lowest BCUT2D eigenvalue weighted by Crippen LogP contribution is -2.00. The number of rotatable bonds is 4. The maximum absolute atomic E-state index is 13.8. The summed E-state index contributed by atoms with van der Waals surface area (Å²) in [4.78, 5) is 0. The summed E-state index contributed by atoms with van der Waals surface area (Å²) in [6.07, 6.45) is -0.534. The average Bonchev–Trinajstić information content (AvgIpc) is 2.46. The lowest BCUT2D eigenvalue weighted by atomic mass is 10.1. The molecule has 1 atom stereocenters. The molecule has 0 saturated carbocycles. The molecule has 0 aliphatic rings. The van der Waals surface area contributed by atoms with Gasteiger partial charge < -0.3 is 9.84 Å². The van der Waals surface area contributed by atoms with Gasteiger partial charge in [-0.15, -0.1) is 0 Å². The third-order valence-corrected chi connectivity index (χ3v) is 2.96. The highest BCUT2D eigenvalue weighted by atomic mass is 19.1. The van der Waals surface area contributed by atoms with Crippen molar-refractivity contribution in [3.05, 3.63) is 65.0 Å². The van der Waals surface area contributed by atoms with Crippen LogP contribution in [0.15, 0.2) is 42.5 Å². The highest BCUT2D eigenvalue weighted by Crippen LogP contribution is 2.19. The zero-order valence-electron chi connectivity index (χ0n) is 11.0. The topological polar surface area (TPSA) is 53.2 Å². The standard InChI is InChI=1S/C16H14FNO2/c1-11(19)12-5-7-15(8-6-12)20-10-14-4-2-3-13(9-18)16(14)17/h2-8,11,19H,10H2,1H3/t11-/m0/s1. The summed E-state index contributed by atoms with van der Waals surface area (Å²) in [5.74, 6) is 0.0340. The van der Waals surface area contributed by atoms with Crippen molar-refractivity contribution in [2.45, 2.75) is 19.6 Å². The number of nitrogens with zero attached hydrogens (tertiary/aromatic N) is 1. The largest absolute Gasteiger partial charge is 0.489 e. The van der Waals surface area contributed by atoms with E-state index in [1.165, 1.54) is 6.07 Å². The quantitative estimate of drug-likeness (QED) is 0.928. The van der Waals surface area contributed by atoms with E-state index in [9.17, 15) is 9.50 Å². The zero-order valence-corrected chi connectivity index (χ0v) is 11.0. The van der Waals surface area contributed by atoms with Crippen LogP contribution in [0, 0.1) is 17.1 Å². The first kappa shape index (κ1) is 14.0. The van der Waals surface area contributed by atoms with Crippen LogP contribution in [0.25, 0.3) is 0 Å². The molecule has 0 heterocycles. The second kappa shape index (κ2) is 6.18. The molecule has 0 aliphatic heterocycles. The van der Waals surface area contributed by atoms with Crippen LogP contribution in [0.1, 0.15) is 29.7 Å². The number of benzene rings is 2. The van der Waals surface area contributed by atoms with Crippen LogP contribution in [0.2, 0.25) is 0 Å². The third-order valence-electron chi connectivity index (χ3n) is 2.96. The molecular weight excluding hydrogens is 257 g/mol. The molecule has 3 nitrogen and oxygen atoms in total. The first-order valence-electron chi connectivity index (χ1n) is 6.20. The molecule has 0 aliphatic carbocycles. The number of hydrogen-bond acceptors (Lipinski definition) is 3. The number of halogens is 1. The molecule has 0 bridgehead atoms. The summed E-state index contributed by atoms with van der Waals surface area (Å²) in [6.45, 7) is 1.73. The van der Waals surface area contributed by atoms with E-state index >= 15 is 0 Å². The summed E-state index contributed by atoms with van der Waals surface area (Å²) >= 11 is 0.